The fraction of sp³-hybridized carbons (Fsp3) is 0.304. The smallest absolute Gasteiger partial charge is 0.358 e. The van der Waals surface area contributed by atoms with Crippen LogP contribution in [0, 0.1) is 20.8 Å². The molecule has 0 saturated carbocycles. The van der Waals surface area contributed by atoms with Crippen molar-refractivity contribution < 1.29 is 19.4 Å². The topological polar surface area (TPSA) is 88.6 Å². The van der Waals surface area contributed by atoms with Gasteiger partial charge in [0.2, 0.25) is 0 Å². The SMILES string of the molecule is CCCCOC(=O)c1[nH]c(=O)c2ccc(Oc3c(C)cc(C)cc3C)cc2c1O. The lowest BCUT2D eigenvalue weighted by molar-refractivity contribution is 0.0489. The zero-order chi connectivity index (χ0) is 21.1. The fourth-order valence-electron chi connectivity index (χ4n) is 3.33. The van der Waals surface area contributed by atoms with Crippen molar-refractivity contribution in [3.63, 3.8) is 0 Å². The highest BCUT2D eigenvalue weighted by atomic mass is 16.5. The normalized spacial score (nSPS) is 10.9. The van der Waals surface area contributed by atoms with Gasteiger partial charge in [-0.05, 0) is 56.5 Å². The minimum Gasteiger partial charge on any atom is -0.505 e. The number of aromatic amines is 1. The predicted octanol–water partition coefficient (Wildman–Crippen LogP) is 4.91. The molecule has 0 aliphatic heterocycles. The van der Waals surface area contributed by atoms with Gasteiger partial charge in [-0.2, -0.15) is 0 Å². The summed E-state index contributed by atoms with van der Waals surface area (Å²) in [5, 5.41) is 11.1. The first-order valence-electron chi connectivity index (χ1n) is 9.63. The molecule has 0 unspecified atom stereocenters. The van der Waals surface area contributed by atoms with Crippen molar-refractivity contribution in [2.24, 2.45) is 0 Å². The highest BCUT2D eigenvalue weighted by molar-refractivity contribution is 5.99. The molecule has 3 aromatic rings. The lowest BCUT2D eigenvalue weighted by Crippen LogP contribution is -2.16. The molecule has 6 heteroatoms. The van der Waals surface area contributed by atoms with Crippen LogP contribution < -0.4 is 10.3 Å². The number of esters is 1. The van der Waals surface area contributed by atoms with Gasteiger partial charge in [0, 0.05) is 5.39 Å². The van der Waals surface area contributed by atoms with Gasteiger partial charge >= 0.3 is 5.97 Å². The summed E-state index contributed by atoms with van der Waals surface area (Å²) in [6.07, 6.45) is 1.57. The Balaban J connectivity index is 2.02. The predicted molar refractivity (Wildman–Crippen MR) is 112 cm³/mol. The maximum Gasteiger partial charge on any atom is 0.358 e. The molecule has 0 spiro atoms. The Morgan fingerprint density at radius 3 is 2.41 bits per heavy atom. The van der Waals surface area contributed by atoms with Gasteiger partial charge in [0.1, 0.15) is 11.5 Å². The van der Waals surface area contributed by atoms with Crippen molar-refractivity contribution in [3.8, 4) is 17.2 Å². The highest BCUT2D eigenvalue weighted by Crippen LogP contribution is 2.33. The summed E-state index contributed by atoms with van der Waals surface area (Å²) in [6.45, 7) is 8.14. The van der Waals surface area contributed by atoms with Crippen molar-refractivity contribution in [2.45, 2.75) is 40.5 Å². The van der Waals surface area contributed by atoms with Crippen molar-refractivity contribution in [1.82, 2.24) is 4.98 Å². The van der Waals surface area contributed by atoms with E-state index < -0.39 is 11.5 Å². The molecule has 1 aromatic heterocycles. The summed E-state index contributed by atoms with van der Waals surface area (Å²) in [5.41, 5.74) is 2.38. The Bertz CT molecular complexity index is 1110. The molecule has 1 heterocycles. The van der Waals surface area contributed by atoms with Crippen molar-refractivity contribution in [3.05, 3.63) is 63.1 Å². The van der Waals surface area contributed by atoms with E-state index in [4.69, 9.17) is 9.47 Å². The molecule has 0 fully saturated rings. The van der Waals surface area contributed by atoms with Crippen molar-refractivity contribution in [2.75, 3.05) is 6.61 Å². The average molecular weight is 395 g/mol. The molecule has 0 atom stereocenters. The number of unbranched alkanes of at least 4 members (excludes halogenated alkanes) is 1. The van der Waals surface area contributed by atoms with Crippen LogP contribution in [0.2, 0.25) is 0 Å². The summed E-state index contributed by atoms with van der Waals surface area (Å²) in [7, 11) is 0. The van der Waals surface area contributed by atoms with E-state index in [1.807, 2.05) is 39.8 Å². The van der Waals surface area contributed by atoms with Crippen LogP contribution in [0.1, 0.15) is 46.9 Å². The Morgan fingerprint density at radius 1 is 1.07 bits per heavy atom. The molecule has 0 bridgehead atoms. The van der Waals surface area contributed by atoms with E-state index in [-0.39, 0.29) is 28.8 Å². The lowest BCUT2D eigenvalue weighted by atomic mass is 10.1. The molecule has 29 heavy (non-hydrogen) atoms. The molecule has 2 N–H and O–H groups in total. The largest absolute Gasteiger partial charge is 0.505 e. The first-order chi connectivity index (χ1) is 13.8. The van der Waals surface area contributed by atoms with E-state index in [1.54, 1.807) is 18.2 Å². The molecule has 3 rings (SSSR count). The first-order valence-corrected chi connectivity index (χ1v) is 9.63. The number of aryl methyl sites for hydroxylation is 3. The molecular formula is C23H25NO5. The summed E-state index contributed by atoms with van der Waals surface area (Å²) in [4.78, 5) is 27.1. The molecule has 2 aromatic carbocycles. The number of hydrogen-bond acceptors (Lipinski definition) is 5. The third kappa shape index (κ3) is 4.26. The Labute approximate surface area is 169 Å². The van der Waals surface area contributed by atoms with E-state index in [2.05, 4.69) is 4.98 Å². The van der Waals surface area contributed by atoms with Gasteiger partial charge in [0.05, 0.1) is 12.0 Å². The van der Waals surface area contributed by atoms with Crippen LogP contribution in [0.4, 0.5) is 0 Å². The minimum absolute atomic E-state index is 0.226. The van der Waals surface area contributed by atoms with E-state index in [0.29, 0.717) is 12.2 Å². The summed E-state index contributed by atoms with van der Waals surface area (Å²) >= 11 is 0. The van der Waals surface area contributed by atoms with E-state index in [0.717, 1.165) is 28.9 Å². The maximum atomic E-state index is 12.4. The molecule has 0 saturated heterocycles. The molecule has 152 valence electrons. The average Bonchev–Trinajstić information content (AvgIpc) is 2.67. The Kier molecular flexibility index (Phi) is 5.92. The van der Waals surface area contributed by atoms with Crippen LogP contribution in [-0.2, 0) is 4.74 Å². The fourth-order valence-corrected chi connectivity index (χ4v) is 3.33. The molecule has 0 radical (unpaired) electrons. The van der Waals surface area contributed by atoms with Crippen LogP contribution in [0.25, 0.3) is 10.8 Å². The van der Waals surface area contributed by atoms with Crippen LogP contribution in [0.5, 0.6) is 17.2 Å². The first kappa shape index (κ1) is 20.5. The number of hydrogen-bond donors (Lipinski definition) is 2. The number of ether oxygens (including phenoxy) is 2. The molecular weight excluding hydrogens is 370 g/mol. The lowest BCUT2D eigenvalue weighted by Gasteiger charge is -2.14. The molecule has 0 amide bonds. The number of aromatic hydroxyl groups is 1. The van der Waals surface area contributed by atoms with E-state index in [1.165, 1.54) is 0 Å². The van der Waals surface area contributed by atoms with E-state index >= 15 is 0 Å². The highest BCUT2D eigenvalue weighted by Gasteiger charge is 2.19. The summed E-state index contributed by atoms with van der Waals surface area (Å²) in [5.74, 6) is 0.0904. The van der Waals surface area contributed by atoms with Crippen LogP contribution in [0.3, 0.4) is 0 Å². The molecule has 6 nitrogen and oxygen atoms in total. The monoisotopic (exact) mass is 395 g/mol. The van der Waals surface area contributed by atoms with Gasteiger partial charge in [-0.25, -0.2) is 4.79 Å². The van der Waals surface area contributed by atoms with Gasteiger partial charge in [0.25, 0.3) is 5.56 Å². The summed E-state index contributed by atoms with van der Waals surface area (Å²) < 4.78 is 11.2. The quantitative estimate of drug-likeness (QED) is 0.457. The second-order valence-electron chi connectivity index (χ2n) is 7.20. The zero-order valence-corrected chi connectivity index (χ0v) is 17.1. The number of rotatable bonds is 6. The molecule has 0 aliphatic carbocycles. The number of pyridine rings is 1. The third-order valence-corrected chi connectivity index (χ3v) is 4.73. The van der Waals surface area contributed by atoms with Crippen LogP contribution in [-0.4, -0.2) is 22.7 Å². The number of nitrogens with one attached hydrogen (secondary N) is 1. The number of carbonyl (C=O) groups excluding carboxylic acids is 1. The minimum atomic E-state index is -0.758. The third-order valence-electron chi connectivity index (χ3n) is 4.73. The van der Waals surface area contributed by atoms with Crippen LogP contribution in [0.15, 0.2) is 35.1 Å². The Hall–Kier alpha value is -3.28. The second-order valence-corrected chi connectivity index (χ2v) is 7.20. The standard InChI is InChI=1S/C23H25NO5/c1-5-6-9-28-23(27)19-20(25)18-12-16(7-8-17(18)22(26)24-19)29-21-14(3)10-13(2)11-15(21)4/h7-8,10-12,25H,5-6,9H2,1-4H3,(H,24,26). The molecule has 0 aliphatic rings. The summed E-state index contributed by atoms with van der Waals surface area (Å²) in [6, 6.07) is 8.83. The van der Waals surface area contributed by atoms with Gasteiger partial charge in [0.15, 0.2) is 11.4 Å². The number of carbonyl (C=O) groups is 1. The Morgan fingerprint density at radius 2 is 1.76 bits per heavy atom. The van der Waals surface area contributed by atoms with E-state index in [9.17, 15) is 14.7 Å². The maximum absolute atomic E-state index is 12.4. The van der Waals surface area contributed by atoms with Gasteiger partial charge in [-0.3, -0.25) is 4.79 Å². The van der Waals surface area contributed by atoms with Gasteiger partial charge in [-0.1, -0.05) is 31.0 Å². The van der Waals surface area contributed by atoms with Crippen molar-refractivity contribution in [1.29, 1.82) is 0 Å². The number of aromatic nitrogens is 1. The second kappa shape index (κ2) is 8.39. The van der Waals surface area contributed by atoms with Crippen molar-refractivity contribution >= 4 is 16.7 Å². The van der Waals surface area contributed by atoms with Gasteiger partial charge in [-0.15, -0.1) is 0 Å². The number of H-pyrrole nitrogens is 1. The number of fused-ring (bicyclic) bond motifs is 1. The van der Waals surface area contributed by atoms with Crippen LogP contribution >= 0.6 is 0 Å². The van der Waals surface area contributed by atoms with Gasteiger partial charge < -0.3 is 19.6 Å². The zero-order valence-electron chi connectivity index (χ0n) is 17.1. The number of benzene rings is 2.